The zero-order chi connectivity index (χ0) is 18.4. The van der Waals surface area contributed by atoms with Crippen molar-refractivity contribution < 1.29 is 29.8 Å². The molecule has 2 unspecified atom stereocenters. The van der Waals surface area contributed by atoms with Crippen LogP contribution in [0.3, 0.4) is 0 Å². The first kappa shape index (κ1) is 23.0. The van der Waals surface area contributed by atoms with Crippen molar-refractivity contribution in [1.29, 1.82) is 0 Å². The number of hydrogen-bond donors (Lipinski definition) is 0. The largest absolute Gasteiger partial charge is 1.00 e. The summed E-state index contributed by atoms with van der Waals surface area (Å²) < 4.78 is 6.11. The Morgan fingerprint density at radius 2 is 1.65 bits per heavy atom. The minimum Gasteiger partial charge on any atom is -1.00 e. The quantitative estimate of drug-likeness (QED) is 0.311. The number of unbranched alkanes of at least 4 members (excludes halogenated alkanes) is 2. The summed E-state index contributed by atoms with van der Waals surface area (Å²) in [5.74, 6) is 0.851. The van der Waals surface area contributed by atoms with Gasteiger partial charge in [-0.25, -0.2) is 0 Å². The average Bonchev–Trinajstić information content (AvgIpc) is 2.55. The summed E-state index contributed by atoms with van der Waals surface area (Å²) in [4.78, 5) is 13.2. The van der Waals surface area contributed by atoms with Crippen molar-refractivity contribution in [2.24, 2.45) is 0 Å². The number of hydrogen-bond acceptors (Lipinski definition) is 2. The molecule has 26 heavy (non-hydrogen) atoms. The zero-order valence-electron chi connectivity index (χ0n) is 17.8. The first-order valence-electron chi connectivity index (χ1n) is 9.06. The Balaban J connectivity index is 0.00000338. The van der Waals surface area contributed by atoms with Crippen LogP contribution in [0.15, 0.2) is 36.4 Å². The van der Waals surface area contributed by atoms with Crippen LogP contribution in [0.25, 0.3) is 0 Å². The summed E-state index contributed by atoms with van der Waals surface area (Å²) in [6.45, 7) is 8.26. The summed E-state index contributed by atoms with van der Waals surface area (Å²) in [5.41, 5.74) is 4.07. The molecule has 0 aliphatic rings. The second-order valence-electron chi connectivity index (χ2n) is 6.81. The second kappa shape index (κ2) is 10.9. The van der Waals surface area contributed by atoms with Crippen molar-refractivity contribution in [2.75, 3.05) is 0 Å². The van der Waals surface area contributed by atoms with Gasteiger partial charge in [-0.15, -0.1) is 9.24 Å². The van der Waals surface area contributed by atoms with Crippen LogP contribution in [0.1, 0.15) is 61.1 Å². The number of benzene rings is 2. The van der Waals surface area contributed by atoms with Crippen molar-refractivity contribution in [3.8, 4) is 5.75 Å². The summed E-state index contributed by atoms with van der Waals surface area (Å²) in [5, 5.41) is 1.10. The summed E-state index contributed by atoms with van der Waals surface area (Å²) in [7, 11) is 2.66. The van der Waals surface area contributed by atoms with Gasteiger partial charge in [0.1, 0.15) is 5.75 Å². The fraction of sp³-hybridized carbons (Fsp3) is 0.409. The Morgan fingerprint density at radius 1 is 1.08 bits per heavy atom. The molecule has 136 valence electrons. The van der Waals surface area contributed by atoms with Crippen LogP contribution in [0, 0.1) is 20.8 Å². The molecular formula is C22H30LiO2P. The summed E-state index contributed by atoms with van der Waals surface area (Å²) in [6, 6.07) is 12.0. The Bertz CT molecular complexity index is 709. The zero-order valence-corrected chi connectivity index (χ0v) is 17.9. The molecule has 2 aromatic carbocycles. The summed E-state index contributed by atoms with van der Waals surface area (Å²) >= 11 is 0. The molecule has 0 aliphatic carbocycles. The van der Waals surface area contributed by atoms with Crippen molar-refractivity contribution in [3.05, 3.63) is 58.7 Å². The van der Waals surface area contributed by atoms with E-state index in [0.717, 1.165) is 53.4 Å². The maximum absolute atomic E-state index is 13.2. The van der Waals surface area contributed by atoms with Gasteiger partial charge in [-0.3, -0.25) is 4.79 Å². The van der Waals surface area contributed by atoms with Crippen LogP contribution in [0.5, 0.6) is 5.75 Å². The van der Waals surface area contributed by atoms with E-state index < -0.39 is 6.10 Å². The Hall–Kier alpha value is -1.06. The van der Waals surface area contributed by atoms with Gasteiger partial charge in [0.05, 0.1) is 0 Å². The number of Topliss-reactive ketones (excluding diaryl/α,β-unsaturated/α-hetero) is 1. The van der Waals surface area contributed by atoms with E-state index in [4.69, 9.17) is 4.74 Å². The number of ether oxygens (including phenoxy) is 1. The maximum Gasteiger partial charge on any atom is 1.00 e. The maximum atomic E-state index is 13.2. The average molecular weight is 364 g/mol. The molecule has 0 aromatic heterocycles. The van der Waals surface area contributed by atoms with Crippen LogP contribution in [-0.4, -0.2) is 11.9 Å². The van der Waals surface area contributed by atoms with Crippen molar-refractivity contribution in [3.63, 3.8) is 0 Å². The molecule has 0 fully saturated rings. The first-order chi connectivity index (χ1) is 11.9. The van der Waals surface area contributed by atoms with Gasteiger partial charge in [0, 0.05) is 5.56 Å². The van der Waals surface area contributed by atoms with Gasteiger partial charge in [-0.1, -0.05) is 49.6 Å². The molecule has 0 amide bonds. The molecule has 0 N–H and O–H groups in total. The molecule has 2 nitrogen and oxygen atoms in total. The molecule has 0 saturated heterocycles. The predicted octanol–water partition coefficient (Wildman–Crippen LogP) is 2.44. The smallest absolute Gasteiger partial charge is 1.00 e. The van der Waals surface area contributed by atoms with Crippen LogP contribution >= 0.6 is 9.24 Å². The number of carbonyl (C=O) groups is 1. The van der Waals surface area contributed by atoms with Gasteiger partial charge in [0.15, 0.2) is 6.10 Å². The number of aryl methyl sites for hydroxylation is 3. The summed E-state index contributed by atoms with van der Waals surface area (Å²) in [6.07, 6.45) is 3.57. The van der Waals surface area contributed by atoms with Gasteiger partial charge in [0.2, 0.25) is 5.78 Å². The normalized spacial score (nSPS) is 11.6. The van der Waals surface area contributed by atoms with Crippen molar-refractivity contribution in [1.82, 2.24) is 0 Å². The number of carbonyl (C=O) groups excluding carboxylic acids is 1. The van der Waals surface area contributed by atoms with Gasteiger partial charge >= 0.3 is 18.9 Å². The van der Waals surface area contributed by atoms with E-state index in [1.165, 1.54) is 5.56 Å². The van der Waals surface area contributed by atoms with Crippen LogP contribution in [-0.2, 0) is 0 Å². The van der Waals surface area contributed by atoms with Crippen LogP contribution in [0.4, 0.5) is 0 Å². The van der Waals surface area contributed by atoms with E-state index >= 15 is 0 Å². The number of ketones is 1. The minimum atomic E-state index is -0.429. The molecule has 0 saturated carbocycles. The minimum absolute atomic E-state index is 0. The molecule has 0 heterocycles. The molecule has 2 atom stereocenters. The van der Waals surface area contributed by atoms with E-state index in [0.29, 0.717) is 0 Å². The second-order valence-corrected chi connectivity index (χ2v) is 7.48. The molecule has 0 radical (unpaired) electrons. The van der Waals surface area contributed by atoms with E-state index in [1.807, 2.05) is 38.1 Å². The van der Waals surface area contributed by atoms with Gasteiger partial charge in [0.25, 0.3) is 0 Å². The SMILES string of the molecule is CCCCCC(Oc1ccc(P)cc1)C(=O)c1c(C)cc(C)cc1C.[H-].[Li+]. The van der Waals surface area contributed by atoms with E-state index in [1.54, 1.807) is 0 Å². The third-order valence-corrected chi connectivity index (χ3v) is 4.83. The molecule has 4 heteroatoms. The monoisotopic (exact) mass is 364 g/mol. The fourth-order valence-corrected chi connectivity index (χ4v) is 3.46. The standard InChI is InChI=1S/C22H29O2P.Li.H/c1-5-6-7-8-20(24-18-9-11-19(25)12-10-18)22(23)21-16(3)13-15(2)14-17(21)4;;/h9-14,20H,5-8,25H2,1-4H3;;/q;+1;-1. The number of rotatable bonds is 8. The molecule has 0 bridgehead atoms. The van der Waals surface area contributed by atoms with Gasteiger partial charge in [-0.2, -0.15) is 0 Å². The predicted molar refractivity (Wildman–Crippen MR) is 110 cm³/mol. The van der Waals surface area contributed by atoms with Gasteiger partial charge < -0.3 is 6.16 Å². The van der Waals surface area contributed by atoms with E-state index in [9.17, 15) is 4.79 Å². The van der Waals surface area contributed by atoms with E-state index in [-0.39, 0.29) is 26.1 Å². The van der Waals surface area contributed by atoms with Crippen LogP contribution in [0.2, 0.25) is 0 Å². The van der Waals surface area contributed by atoms with E-state index in [2.05, 4.69) is 35.2 Å². The Labute approximate surface area is 174 Å². The fourth-order valence-electron chi connectivity index (χ4n) is 3.26. The molecule has 2 aromatic rings. The molecule has 0 spiro atoms. The topological polar surface area (TPSA) is 26.3 Å². The Morgan fingerprint density at radius 3 is 2.19 bits per heavy atom. The third kappa shape index (κ3) is 6.28. The van der Waals surface area contributed by atoms with Crippen molar-refractivity contribution >= 4 is 20.3 Å². The molecular weight excluding hydrogens is 334 g/mol. The molecule has 0 aliphatic heterocycles. The Kier molecular flexibility index (Phi) is 9.66. The first-order valence-corrected chi connectivity index (χ1v) is 9.64. The molecule has 2 rings (SSSR count). The van der Waals surface area contributed by atoms with Gasteiger partial charge in [-0.05, 0) is 62.2 Å². The van der Waals surface area contributed by atoms with Crippen molar-refractivity contribution in [2.45, 2.75) is 59.5 Å². The third-order valence-electron chi connectivity index (χ3n) is 4.44. The van der Waals surface area contributed by atoms with Crippen LogP contribution < -0.4 is 28.9 Å².